The van der Waals surface area contributed by atoms with E-state index in [0.717, 1.165) is 19.4 Å². The number of nitriles is 1. The summed E-state index contributed by atoms with van der Waals surface area (Å²) < 4.78 is 1.55. The SMILES string of the molecule is Cn1nccc1C(=O)NC1CCCN(c2nccc(C#N)n2)C1. The molecule has 8 nitrogen and oxygen atoms in total. The van der Waals surface area contributed by atoms with Crippen molar-refractivity contribution in [1.82, 2.24) is 25.1 Å². The lowest BCUT2D eigenvalue weighted by Crippen LogP contribution is -2.48. The van der Waals surface area contributed by atoms with Gasteiger partial charge in [0.1, 0.15) is 17.5 Å². The minimum atomic E-state index is -0.136. The van der Waals surface area contributed by atoms with E-state index in [9.17, 15) is 4.79 Å². The Morgan fingerprint density at radius 3 is 3.04 bits per heavy atom. The molecule has 1 N–H and O–H groups in total. The number of carbonyl (C=O) groups excluding carboxylic acids is 1. The second kappa shape index (κ2) is 6.44. The molecule has 0 spiro atoms. The molecule has 1 saturated heterocycles. The highest BCUT2D eigenvalue weighted by Gasteiger charge is 2.24. The first kappa shape index (κ1) is 15.0. The van der Waals surface area contributed by atoms with Crippen molar-refractivity contribution in [2.45, 2.75) is 18.9 Å². The Labute approximate surface area is 133 Å². The highest BCUT2D eigenvalue weighted by atomic mass is 16.2. The molecule has 1 aliphatic rings. The van der Waals surface area contributed by atoms with Gasteiger partial charge in [0, 0.05) is 38.6 Å². The number of hydrogen-bond acceptors (Lipinski definition) is 6. The van der Waals surface area contributed by atoms with Crippen LogP contribution in [-0.4, -0.2) is 44.8 Å². The molecule has 0 bridgehead atoms. The first-order valence-electron chi connectivity index (χ1n) is 7.44. The molecule has 1 amide bonds. The molecule has 1 atom stereocenters. The van der Waals surface area contributed by atoms with Crippen molar-refractivity contribution in [1.29, 1.82) is 5.26 Å². The fourth-order valence-electron chi connectivity index (χ4n) is 2.70. The number of carbonyl (C=O) groups is 1. The van der Waals surface area contributed by atoms with Crippen LogP contribution in [-0.2, 0) is 7.05 Å². The van der Waals surface area contributed by atoms with Crippen molar-refractivity contribution in [3.05, 3.63) is 35.9 Å². The van der Waals surface area contributed by atoms with E-state index in [1.807, 2.05) is 11.0 Å². The molecule has 0 aliphatic carbocycles. The number of amides is 1. The summed E-state index contributed by atoms with van der Waals surface area (Å²) in [7, 11) is 1.74. The maximum absolute atomic E-state index is 12.3. The molecule has 0 radical (unpaired) electrons. The molecule has 8 heteroatoms. The first-order valence-corrected chi connectivity index (χ1v) is 7.44. The third-order valence-electron chi connectivity index (χ3n) is 3.85. The summed E-state index contributed by atoms with van der Waals surface area (Å²) in [5.41, 5.74) is 0.876. The van der Waals surface area contributed by atoms with E-state index in [1.165, 1.54) is 0 Å². The number of rotatable bonds is 3. The van der Waals surface area contributed by atoms with Crippen molar-refractivity contribution in [3.63, 3.8) is 0 Å². The zero-order chi connectivity index (χ0) is 16.2. The largest absolute Gasteiger partial charge is 0.346 e. The normalized spacial score (nSPS) is 17.6. The molecule has 0 aromatic carbocycles. The lowest BCUT2D eigenvalue weighted by Gasteiger charge is -2.33. The van der Waals surface area contributed by atoms with Gasteiger partial charge in [0.25, 0.3) is 5.91 Å². The van der Waals surface area contributed by atoms with Gasteiger partial charge in [-0.05, 0) is 25.0 Å². The third kappa shape index (κ3) is 3.29. The summed E-state index contributed by atoms with van der Waals surface area (Å²) in [5, 5.41) is 16.0. The Bertz CT molecular complexity index is 748. The van der Waals surface area contributed by atoms with E-state index in [4.69, 9.17) is 5.26 Å². The average molecular weight is 311 g/mol. The van der Waals surface area contributed by atoms with Crippen LogP contribution in [0.2, 0.25) is 0 Å². The average Bonchev–Trinajstić information content (AvgIpc) is 3.01. The molecule has 2 aromatic heterocycles. The van der Waals surface area contributed by atoms with Crippen molar-refractivity contribution in [2.24, 2.45) is 7.05 Å². The number of aryl methyl sites for hydroxylation is 1. The summed E-state index contributed by atoms with van der Waals surface area (Å²) in [4.78, 5) is 22.7. The zero-order valence-corrected chi connectivity index (χ0v) is 12.8. The number of nitrogens with one attached hydrogen (secondary N) is 1. The number of piperidine rings is 1. The van der Waals surface area contributed by atoms with Crippen LogP contribution < -0.4 is 10.2 Å². The number of nitrogens with zero attached hydrogens (tertiary/aromatic N) is 6. The molecule has 0 saturated carbocycles. The first-order chi connectivity index (χ1) is 11.2. The molecule has 2 aromatic rings. The fourth-order valence-corrected chi connectivity index (χ4v) is 2.70. The molecule has 118 valence electrons. The van der Waals surface area contributed by atoms with E-state index < -0.39 is 0 Å². The van der Waals surface area contributed by atoms with E-state index in [2.05, 4.69) is 20.4 Å². The molecule has 3 rings (SSSR count). The lowest BCUT2D eigenvalue weighted by molar-refractivity contribution is 0.0923. The van der Waals surface area contributed by atoms with Gasteiger partial charge in [-0.2, -0.15) is 10.4 Å². The van der Waals surface area contributed by atoms with E-state index in [1.54, 1.807) is 36.3 Å². The van der Waals surface area contributed by atoms with Crippen molar-refractivity contribution in [2.75, 3.05) is 18.0 Å². The van der Waals surface area contributed by atoms with E-state index in [-0.39, 0.29) is 11.9 Å². The highest BCUT2D eigenvalue weighted by Crippen LogP contribution is 2.16. The lowest BCUT2D eigenvalue weighted by atomic mass is 10.1. The Balaban J connectivity index is 1.67. The zero-order valence-electron chi connectivity index (χ0n) is 12.8. The highest BCUT2D eigenvalue weighted by molar-refractivity contribution is 5.92. The van der Waals surface area contributed by atoms with E-state index >= 15 is 0 Å². The number of anilines is 1. The Morgan fingerprint density at radius 1 is 1.43 bits per heavy atom. The van der Waals surface area contributed by atoms with Crippen molar-refractivity contribution < 1.29 is 4.79 Å². The van der Waals surface area contributed by atoms with Crippen molar-refractivity contribution in [3.8, 4) is 6.07 Å². The van der Waals surface area contributed by atoms with Crippen LogP contribution >= 0.6 is 0 Å². The van der Waals surface area contributed by atoms with Gasteiger partial charge in [0.15, 0.2) is 0 Å². The van der Waals surface area contributed by atoms with Crippen LogP contribution in [0.3, 0.4) is 0 Å². The summed E-state index contributed by atoms with van der Waals surface area (Å²) in [5.74, 6) is 0.395. The molecular weight excluding hydrogens is 294 g/mol. The molecule has 1 fully saturated rings. The standard InChI is InChI=1S/C15H17N7O/c1-21-13(5-7-18-21)14(23)19-12-3-2-8-22(10-12)15-17-6-4-11(9-16)20-15/h4-7,12H,2-3,8,10H2,1H3,(H,19,23). The number of aromatic nitrogens is 4. The predicted octanol–water partition coefficient (Wildman–Crippen LogP) is 0.481. The van der Waals surface area contributed by atoms with Gasteiger partial charge in [0.05, 0.1) is 0 Å². The Kier molecular flexibility index (Phi) is 4.19. The smallest absolute Gasteiger partial charge is 0.269 e. The number of hydrogen-bond donors (Lipinski definition) is 1. The second-order valence-electron chi connectivity index (χ2n) is 5.45. The van der Waals surface area contributed by atoms with Crippen LogP contribution in [0, 0.1) is 11.3 Å². The van der Waals surface area contributed by atoms with Gasteiger partial charge in [-0.15, -0.1) is 0 Å². The maximum Gasteiger partial charge on any atom is 0.269 e. The van der Waals surface area contributed by atoms with Gasteiger partial charge in [-0.1, -0.05) is 0 Å². The fraction of sp³-hybridized carbons (Fsp3) is 0.400. The van der Waals surface area contributed by atoms with Gasteiger partial charge < -0.3 is 10.2 Å². The molecule has 1 unspecified atom stereocenters. The van der Waals surface area contributed by atoms with Crippen LogP contribution in [0.5, 0.6) is 0 Å². The van der Waals surface area contributed by atoms with Crippen molar-refractivity contribution >= 4 is 11.9 Å². The summed E-state index contributed by atoms with van der Waals surface area (Å²) in [6.45, 7) is 1.44. The van der Waals surface area contributed by atoms with Gasteiger partial charge in [-0.25, -0.2) is 9.97 Å². The predicted molar refractivity (Wildman–Crippen MR) is 82.7 cm³/mol. The molecule has 23 heavy (non-hydrogen) atoms. The second-order valence-corrected chi connectivity index (χ2v) is 5.45. The minimum Gasteiger partial charge on any atom is -0.346 e. The molecular formula is C15H17N7O. The summed E-state index contributed by atoms with van der Waals surface area (Å²) in [6, 6.07) is 5.30. The monoisotopic (exact) mass is 311 g/mol. The maximum atomic E-state index is 12.3. The minimum absolute atomic E-state index is 0.0143. The Hall–Kier alpha value is -2.95. The van der Waals surface area contributed by atoms with Crippen LogP contribution in [0.25, 0.3) is 0 Å². The molecule has 3 heterocycles. The van der Waals surface area contributed by atoms with E-state index in [0.29, 0.717) is 23.9 Å². The van der Waals surface area contributed by atoms with Gasteiger partial charge in [-0.3, -0.25) is 9.48 Å². The summed E-state index contributed by atoms with van der Waals surface area (Å²) >= 11 is 0. The quantitative estimate of drug-likeness (QED) is 0.885. The van der Waals surface area contributed by atoms with Crippen LogP contribution in [0.1, 0.15) is 29.0 Å². The Morgan fingerprint density at radius 2 is 2.30 bits per heavy atom. The summed E-state index contributed by atoms with van der Waals surface area (Å²) in [6.07, 6.45) is 5.01. The molecule has 1 aliphatic heterocycles. The van der Waals surface area contributed by atoms with Crippen LogP contribution in [0.4, 0.5) is 5.95 Å². The van der Waals surface area contributed by atoms with Gasteiger partial charge >= 0.3 is 0 Å². The third-order valence-corrected chi connectivity index (χ3v) is 3.85. The topological polar surface area (TPSA) is 99.7 Å². The van der Waals surface area contributed by atoms with Gasteiger partial charge in [0.2, 0.25) is 5.95 Å². The van der Waals surface area contributed by atoms with Crippen LogP contribution in [0.15, 0.2) is 24.5 Å².